The summed E-state index contributed by atoms with van der Waals surface area (Å²) in [5.74, 6) is 0. The van der Waals surface area contributed by atoms with E-state index in [-0.39, 0.29) is 0 Å². The number of aliphatic hydroxyl groups excluding tert-OH is 1. The van der Waals surface area contributed by atoms with E-state index in [0.717, 1.165) is 17.8 Å². The van der Waals surface area contributed by atoms with E-state index in [9.17, 15) is 5.11 Å². The zero-order valence-corrected chi connectivity index (χ0v) is 8.84. The van der Waals surface area contributed by atoms with Crippen molar-refractivity contribution in [3.05, 3.63) is 16.3 Å². The van der Waals surface area contributed by atoms with Crippen molar-refractivity contribution in [1.29, 1.82) is 0 Å². The molecule has 0 saturated heterocycles. The quantitative estimate of drug-likeness (QED) is 0.770. The average molecular weight is 200 g/mol. The largest absolute Gasteiger partial charge is 0.398 e. The van der Waals surface area contributed by atoms with Gasteiger partial charge in [0, 0.05) is 12.2 Å². The lowest BCUT2D eigenvalue weighted by Crippen LogP contribution is -2.15. The minimum absolute atomic E-state index is 0.414. The predicted octanol–water partition coefficient (Wildman–Crippen LogP) is 1.32. The second kappa shape index (κ2) is 4.60. The van der Waals surface area contributed by atoms with Gasteiger partial charge in [-0.05, 0) is 32.0 Å². The maximum Gasteiger partial charge on any atom is 0.0914 e. The lowest BCUT2D eigenvalue weighted by atomic mass is 10.2. The van der Waals surface area contributed by atoms with Crippen LogP contribution in [0.25, 0.3) is 0 Å². The fourth-order valence-electron chi connectivity index (χ4n) is 1.11. The van der Waals surface area contributed by atoms with Crippen LogP contribution < -0.4 is 5.73 Å². The third-order valence-electron chi connectivity index (χ3n) is 1.88. The maximum atomic E-state index is 9.74. The molecule has 0 aromatic carbocycles. The van der Waals surface area contributed by atoms with Gasteiger partial charge < -0.3 is 15.7 Å². The van der Waals surface area contributed by atoms with Crippen molar-refractivity contribution < 1.29 is 5.11 Å². The van der Waals surface area contributed by atoms with Crippen LogP contribution in [0.2, 0.25) is 0 Å². The number of nitrogens with zero attached hydrogens (tertiary/aromatic N) is 1. The van der Waals surface area contributed by atoms with Crippen molar-refractivity contribution >= 4 is 17.0 Å². The van der Waals surface area contributed by atoms with Crippen molar-refractivity contribution in [2.24, 2.45) is 0 Å². The first-order valence-electron chi connectivity index (χ1n) is 4.27. The van der Waals surface area contributed by atoms with E-state index >= 15 is 0 Å². The van der Waals surface area contributed by atoms with Crippen LogP contribution >= 0.6 is 11.3 Å². The molecular formula is C9H16N2OS. The first-order valence-corrected chi connectivity index (χ1v) is 5.15. The Kier molecular flexibility index (Phi) is 3.71. The molecule has 1 heterocycles. The highest BCUT2D eigenvalue weighted by Gasteiger charge is 2.11. The molecule has 0 fully saturated rings. The van der Waals surface area contributed by atoms with Gasteiger partial charge >= 0.3 is 0 Å². The molecule has 13 heavy (non-hydrogen) atoms. The molecule has 0 amide bonds. The van der Waals surface area contributed by atoms with Gasteiger partial charge in [-0.3, -0.25) is 0 Å². The first kappa shape index (κ1) is 10.5. The van der Waals surface area contributed by atoms with Crippen molar-refractivity contribution in [3.63, 3.8) is 0 Å². The molecule has 0 bridgehead atoms. The van der Waals surface area contributed by atoms with Crippen molar-refractivity contribution in [2.45, 2.75) is 12.5 Å². The second-order valence-electron chi connectivity index (χ2n) is 3.35. The Morgan fingerprint density at radius 1 is 1.62 bits per heavy atom. The fraction of sp³-hybridized carbons (Fsp3) is 0.556. The van der Waals surface area contributed by atoms with Gasteiger partial charge in [-0.25, -0.2) is 0 Å². The molecule has 1 unspecified atom stereocenters. The molecule has 1 atom stereocenters. The number of nitrogens with two attached hydrogens (primary N) is 1. The summed E-state index contributed by atoms with van der Waals surface area (Å²) in [5.41, 5.74) is 6.39. The molecule has 0 aliphatic carbocycles. The van der Waals surface area contributed by atoms with E-state index in [1.807, 2.05) is 30.4 Å². The normalized spacial score (nSPS) is 13.5. The van der Waals surface area contributed by atoms with Gasteiger partial charge in [-0.1, -0.05) is 0 Å². The van der Waals surface area contributed by atoms with Crippen molar-refractivity contribution in [3.8, 4) is 0 Å². The summed E-state index contributed by atoms with van der Waals surface area (Å²) in [6.45, 7) is 0.874. The molecule has 3 nitrogen and oxygen atoms in total. The molecule has 1 aromatic rings. The molecule has 4 heteroatoms. The summed E-state index contributed by atoms with van der Waals surface area (Å²) >= 11 is 1.52. The third kappa shape index (κ3) is 2.99. The number of aliphatic hydroxyl groups is 1. The minimum atomic E-state index is -0.414. The first-order chi connectivity index (χ1) is 6.11. The van der Waals surface area contributed by atoms with Crippen LogP contribution in [0.15, 0.2) is 11.4 Å². The highest BCUT2D eigenvalue weighted by molar-refractivity contribution is 7.10. The average Bonchev–Trinajstić information content (AvgIpc) is 2.47. The molecule has 0 saturated carbocycles. The minimum Gasteiger partial charge on any atom is -0.398 e. The van der Waals surface area contributed by atoms with Gasteiger partial charge in [-0.2, -0.15) is 0 Å². The van der Waals surface area contributed by atoms with E-state index < -0.39 is 6.10 Å². The third-order valence-corrected chi connectivity index (χ3v) is 2.91. The van der Waals surface area contributed by atoms with Crippen LogP contribution in [-0.2, 0) is 0 Å². The Hall–Kier alpha value is -0.580. The van der Waals surface area contributed by atoms with Gasteiger partial charge in [0.2, 0.25) is 0 Å². The Morgan fingerprint density at radius 2 is 2.31 bits per heavy atom. The molecule has 0 aliphatic heterocycles. The zero-order chi connectivity index (χ0) is 9.84. The highest BCUT2D eigenvalue weighted by Crippen LogP contribution is 2.28. The standard InChI is InChI=1S/C9H16N2OS/c1-11(2)5-3-8(12)9-7(10)4-6-13-9/h4,6,8,12H,3,5,10H2,1-2H3. The summed E-state index contributed by atoms with van der Waals surface area (Å²) in [4.78, 5) is 2.94. The van der Waals surface area contributed by atoms with Crippen LogP contribution in [0.4, 0.5) is 5.69 Å². The van der Waals surface area contributed by atoms with Crippen LogP contribution in [0.1, 0.15) is 17.4 Å². The van der Waals surface area contributed by atoms with E-state index in [2.05, 4.69) is 0 Å². The summed E-state index contributed by atoms with van der Waals surface area (Å²) in [5, 5.41) is 11.6. The molecule has 0 radical (unpaired) electrons. The molecular weight excluding hydrogens is 184 g/mol. The van der Waals surface area contributed by atoms with Gasteiger partial charge in [0.15, 0.2) is 0 Å². The smallest absolute Gasteiger partial charge is 0.0914 e. The molecule has 0 spiro atoms. The predicted molar refractivity (Wildman–Crippen MR) is 56.9 cm³/mol. The number of thiophene rings is 1. The van der Waals surface area contributed by atoms with Crippen molar-refractivity contribution in [2.75, 3.05) is 26.4 Å². The van der Waals surface area contributed by atoms with Crippen LogP contribution in [0.5, 0.6) is 0 Å². The van der Waals surface area contributed by atoms with E-state index in [1.54, 1.807) is 0 Å². The molecule has 1 rings (SSSR count). The summed E-state index contributed by atoms with van der Waals surface area (Å²) in [6.07, 6.45) is 0.319. The van der Waals surface area contributed by atoms with Crippen LogP contribution in [-0.4, -0.2) is 30.6 Å². The SMILES string of the molecule is CN(C)CCC(O)c1sccc1N. The fourth-order valence-corrected chi connectivity index (χ4v) is 1.95. The van der Waals surface area contributed by atoms with Gasteiger partial charge in [-0.15, -0.1) is 11.3 Å². The molecule has 1 aromatic heterocycles. The summed E-state index contributed by atoms with van der Waals surface area (Å²) < 4.78 is 0. The van der Waals surface area contributed by atoms with E-state index in [1.165, 1.54) is 11.3 Å². The summed E-state index contributed by atoms with van der Waals surface area (Å²) in [7, 11) is 3.98. The zero-order valence-electron chi connectivity index (χ0n) is 8.03. The monoisotopic (exact) mass is 200 g/mol. The van der Waals surface area contributed by atoms with Crippen LogP contribution in [0, 0.1) is 0 Å². The van der Waals surface area contributed by atoms with Gasteiger partial charge in [0.25, 0.3) is 0 Å². The Bertz CT molecular complexity index is 260. The summed E-state index contributed by atoms with van der Waals surface area (Å²) in [6, 6.07) is 1.83. The number of nitrogen functional groups attached to an aromatic ring is 1. The van der Waals surface area contributed by atoms with Crippen LogP contribution in [0.3, 0.4) is 0 Å². The Morgan fingerprint density at radius 3 is 2.77 bits per heavy atom. The number of hydrogen-bond donors (Lipinski definition) is 2. The lowest BCUT2D eigenvalue weighted by molar-refractivity contribution is 0.158. The molecule has 3 N–H and O–H groups in total. The lowest BCUT2D eigenvalue weighted by Gasteiger charge is -2.13. The number of anilines is 1. The topological polar surface area (TPSA) is 49.5 Å². The van der Waals surface area contributed by atoms with E-state index in [0.29, 0.717) is 5.69 Å². The van der Waals surface area contributed by atoms with Crippen molar-refractivity contribution in [1.82, 2.24) is 4.90 Å². The van der Waals surface area contributed by atoms with E-state index in [4.69, 9.17) is 5.73 Å². The molecule has 74 valence electrons. The maximum absolute atomic E-state index is 9.74. The number of rotatable bonds is 4. The Balaban J connectivity index is 2.49. The number of hydrogen-bond acceptors (Lipinski definition) is 4. The highest BCUT2D eigenvalue weighted by atomic mass is 32.1. The van der Waals surface area contributed by atoms with Gasteiger partial charge in [0.05, 0.1) is 11.0 Å². The Labute approximate surface area is 82.8 Å². The second-order valence-corrected chi connectivity index (χ2v) is 4.30. The van der Waals surface area contributed by atoms with Gasteiger partial charge in [0.1, 0.15) is 0 Å². The molecule has 0 aliphatic rings.